The van der Waals surface area contributed by atoms with E-state index in [2.05, 4.69) is 5.32 Å². The largest absolute Gasteiger partial charge is 0.377 e. The average Bonchev–Trinajstić information content (AvgIpc) is 2.91. The van der Waals surface area contributed by atoms with E-state index in [0.29, 0.717) is 16.8 Å². The maximum absolute atomic E-state index is 10.7. The van der Waals surface area contributed by atoms with Gasteiger partial charge in [0.25, 0.3) is 5.69 Å². The zero-order valence-electron chi connectivity index (χ0n) is 7.37. The number of hydrogen-bond donors (Lipinski definition) is 1. The van der Waals surface area contributed by atoms with E-state index in [-0.39, 0.29) is 5.69 Å². The molecule has 1 aromatic rings. The fraction of sp³-hybridized carbons (Fsp3) is 0.333. The Labute approximate surface area is 86.0 Å². The molecule has 5 heteroatoms. The molecule has 1 saturated carbocycles. The molecule has 0 aromatic heterocycles. The molecule has 4 nitrogen and oxygen atoms in total. The highest BCUT2D eigenvalue weighted by atomic mass is 35.5. The molecule has 0 saturated heterocycles. The molecule has 0 heterocycles. The summed E-state index contributed by atoms with van der Waals surface area (Å²) < 4.78 is 0. The maximum atomic E-state index is 10.7. The Morgan fingerprint density at radius 3 is 2.79 bits per heavy atom. The first-order valence-corrected chi connectivity index (χ1v) is 4.75. The van der Waals surface area contributed by atoms with Gasteiger partial charge in [0.1, 0.15) is 5.69 Å². The third-order valence-electron chi connectivity index (χ3n) is 2.09. The van der Waals surface area contributed by atoms with Crippen LogP contribution in [0, 0.1) is 10.1 Å². The number of benzene rings is 1. The van der Waals surface area contributed by atoms with Gasteiger partial charge in [0.05, 0.1) is 4.92 Å². The number of halogens is 1. The van der Waals surface area contributed by atoms with Gasteiger partial charge in [0.15, 0.2) is 0 Å². The quantitative estimate of drug-likeness (QED) is 0.619. The van der Waals surface area contributed by atoms with Crippen molar-refractivity contribution < 1.29 is 4.92 Å². The van der Waals surface area contributed by atoms with Crippen LogP contribution in [-0.2, 0) is 0 Å². The molecule has 0 atom stereocenters. The molecule has 74 valence electrons. The Morgan fingerprint density at radius 1 is 1.50 bits per heavy atom. The highest BCUT2D eigenvalue weighted by Gasteiger charge is 2.24. The first-order valence-electron chi connectivity index (χ1n) is 4.37. The van der Waals surface area contributed by atoms with Gasteiger partial charge in [-0.1, -0.05) is 11.6 Å². The second kappa shape index (κ2) is 3.46. The van der Waals surface area contributed by atoms with E-state index < -0.39 is 4.92 Å². The predicted molar refractivity (Wildman–Crippen MR) is 54.8 cm³/mol. The third kappa shape index (κ3) is 1.96. The minimum absolute atomic E-state index is 0.0457. The Kier molecular flexibility index (Phi) is 2.29. The number of anilines is 1. The lowest BCUT2D eigenvalue weighted by molar-refractivity contribution is -0.383. The smallest absolute Gasteiger partial charge is 0.293 e. The molecule has 14 heavy (non-hydrogen) atoms. The standard InChI is InChI=1S/C9H9ClN2O2/c10-6-1-4-8(11-7-2-3-7)9(5-6)12(13)14/h1,4-5,7,11H,2-3H2. The maximum Gasteiger partial charge on any atom is 0.293 e. The van der Waals surface area contributed by atoms with Gasteiger partial charge in [-0.05, 0) is 25.0 Å². The highest BCUT2D eigenvalue weighted by Crippen LogP contribution is 2.32. The van der Waals surface area contributed by atoms with Crippen LogP contribution < -0.4 is 5.32 Å². The van der Waals surface area contributed by atoms with Gasteiger partial charge in [0, 0.05) is 17.1 Å². The Hall–Kier alpha value is -1.29. The molecule has 0 spiro atoms. The molecule has 1 aliphatic rings. The van der Waals surface area contributed by atoms with Gasteiger partial charge in [-0.25, -0.2) is 0 Å². The van der Waals surface area contributed by atoms with Crippen molar-refractivity contribution in [1.82, 2.24) is 0 Å². The van der Waals surface area contributed by atoms with E-state index in [1.807, 2.05) is 0 Å². The fourth-order valence-electron chi connectivity index (χ4n) is 1.23. The fourth-order valence-corrected chi connectivity index (χ4v) is 1.39. The van der Waals surface area contributed by atoms with Crippen molar-refractivity contribution in [3.05, 3.63) is 33.3 Å². The van der Waals surface area contributed by atoms with Crippen LogP contribution in [0.1, 0.15) is 12.8 Å². The molecule has 0 bridgehead atoms. The lowest BCUT2D eigenvalue weighted by Crippen LogP contribution is -2.03. The number of nitro groups is 1. The lowest BCUT2D eigenvalue weighted by Gasteiger charge is -2.04. The van der Waals surface area contributed by atoms with Crippen LogP contribution in [0.5, 0.6) is 0 Å². The minimum atomic E-state index is -0.420. The summed E-state index contributed by atoms with van der Waals surface area (Å²) in [6.45, 7) is 0. The molecule has 0 radical (unpaired) electrons. The third-order valence-corrected chi connectivity index (χ3v) is 2.33. The SMILES string of the molecule is O=[N+]([O-])c1cc(Cl)ccc1NC1CC1. The zero-order valence-corrected chi connectivity index (χ0v) is 8.12. The molecule has 0 aliphatic heterocycles. The van der Waals surface area contributed by atoms with Crippen LogP contribution in [0.4, 0.5) is 11.4 Å². The zero-order chi connectivity index (χ0) is 10.1. The van der Waals surface area contributed by atoms with Gasteiger partial charge >= 0.3 is 0 Å². The van der Waals surface area contributed by atoms with Crippen LogP contribution in [-0.4, -0.2) is 11.0 Å². The number of nitrogens with one attached hydrogen (secondary N) is 1. The summed E-state index contributed by atoms with van der Waals surface area (Å²) in [5.74, 6) is 0. The van der Waals surface area contributed by atoms with Crippen molar-refractivity contribution in [1.29, 1.82) is 0 Å². The minimum Gasteiger partial charge on any atom is -0.377 e. The van der Waals surface area contributed by atoms with Gasteiger partial charge in [0.2, 0.25) is 0 Å². The van der Waals surface area contributed by atoms with Crippen molar-refractivity contribution in [3.63, 3.8) is 0 Å². The summed E-state index contributed by atoms with van der Waals surface area (Å²) in [7, 11) is 0. The van der Waals surface area contributed by atoms with Crippen molar-refractivity contribution in [2.75, 3.05) is 5.32 Å². The summed E-state index contributed by atoms with van der Waals surface area (Å²) in [5.41, 5.74) is 0.603. The van der Waals surface area contributed by atoms with Crippen molar-refractivity contribution >= 4 is 23.0 Å². The van der Waals surface area contributed by atoms with Crippen LogP contribution >= 0.6 is 11.6 Å². The number of nitro benzene ring substituents is 1. The molecular formula is C9H9ClN2O2. The topological polar surface area (TPSA) is 55.2 Å². The van der Waals surface area contributed by atoms with E-state index in [4.69, 9.17) is 11.6 Å². The van der Waals surface area contributed by atoms with Crippen molar-refractivity contribution in [3.8, 4) is 0 Å². The Morgan fingerprint density at radius 2 is 2.21 bits per heavy atom. The molecule has 1 aromatic carbocycles. The lowest BCUT2D eigenvalue weighted by atomic mass is 10.2. The number of rotatable bonds is 3. The first-order chi connectivity index (χ1) is 6.66. The molecule has 2 rings (SSSR count). The van der Waals surface area contributed by atoms with Gasteiger partial charge in [-0.2, -0.15) is 0 Å². The van der Waals surface area contributed by atoms with Crippen LogP contribution in [0.3, 0.4) is 0 Å². The summed E-state index contributed by atoms with van der Waals surface area (Å²) in [4.78, 5) is 10.3. The highest BCUT2D eigenvalue weighted by molar-refractivity contribution is 6.30. The summed E-state index contributed by atoms with van der Waals surface area (Å²) in [6.07, 6.45) is 2.17. The monoisotopic (exact) mass is 212 g/mol. The van der Waals surface area contributed by atoms with Gasteiger partial charge in [-0.3, -0.25) is 10.1 Å². The van der Waals surface area contributed by atoms with Crippen molar-refractivity contribution in [2.24, 2.45) is 0 Å². The van der Waals surface area contributed by atoms with Crippen LogP contribution in [0.25, 0.3) is 0 Å². The molecule has 0 amide bonds. The average molecular weight is 213 g/mol. The predicted octanol–water partition coefficient (Wildman–Crippen LogP) is 2.82. The van der Waals surface area contributed by atoms with E-state index in [1.54, 1.807) is 12.1 Å². The Balaban J connectivity index is 2.31. The van der Waals surface area contributed by atoms with Gasteiger partial charge < -0.3 is 5.32 Å². The van der Waals surface area contributed by atoms with Gasteiger partial charge in [-0.15, -0.1) is 0 Å². The van der Waals surface area contributed by atoms with E-state index >= 15 is 0 Å². The summed E-state index contributed by atoms with van der Waals surface area (Å²) >= 11 is 5.68. The molecule has 1 N–H and O–H groups in total. The molecule has 0 unspecified atom stereocenters. The second-order valence-electron chi connectivity index (χ2n) is 3.34. The van der Waals surface area contributed by atoms with E-state index in [1.165, 1.54) is 6.07 Å². The van der Waals surface area contributed by atoms with Crippen LogP contribution in [0.15, 0.2) is 18.2 Å². The first kappa shape index (κ1) is 9.27. The second-order valence-corrected chi connectivity index (χ2v) is 3.77. The van der Waals surface area contributed by atoms with E-state index in [0.717, 1.165) is 12.8 Å². The van der Waals surface area contributed by atoms with E-state index in [9.17, 15) is 10.1 Å². The number of nitrogens with zero attached hydrogens (tertiary/aromatic N) is 1. The number of hydrogen-bond acceptors (Lipinski definition) is 3. The summed E-state index contributed by atoms with van der Waals surface area (Å²) in [6, 6.07) is 5.07. The molecule has 1 aliphatic carbocycles. The van der Waals surface area contributed by atoms with Crippen molar-refractivity contribution in [2.45, 2.75) is 18.9 Å². The molecule has 1 fully saturated rings. The summed E-state index contributed by atoms with van der Waals surface area (Å²) in [5, 5.41) is 14.2. The molecular weight excluding hydrogens is 204 g/mol. The Bertz CT molecular complexity index is 377. The normalized spacial score (nSPS) is 15.2. The van der Waals surface area contributed by atoms with Crippen LogP contribution in [0.2, 0.25) is 5.02 Å².